The molecule has 2 atom stereocenters. The second-order valence-corrected chi connectivity index (χ2v) is 4.94. The molecule has 94 valence electrons. The lowest BCUT2D eigenvalue weighted by molar-refractivity contribution is -0.129. The maximum Gasteiger partial charge on any atom is 0.292 e. The van der Waals surface area contributed by atoms with Gasteiger partial charge < -0.3 is 19.7 Å². The SMILES string of the molecule is COC1=C(C(=O)N2CC3CNCC3C2)OCC1. The van der Waals surface area contributed by atoms with E-state index in [0.29, 0.717) is 36.4 Å². The maximum atomic E-state index is 12.3. The highest BCUT2D eigenvalue weighted by Crippen LogP contribution is 2.29. The summed E-state index contributed by atoms with van der Waals surface area (Å²) >= 11 is 0. The van der Waals surface area contributed by atoms with E-state index >= 15 is 0 Å². The third kappa shape index (κ3) is 1.78. The second-order valence-electron chi connectivity index (χ2n) is 4.94. The van der Waals surface area contributed by atoms with Crippen LogP contribution < -0.4 is 5.32 Å². The number of hydrogen-bond acceptors (Lipinski definition) is 4. The third-order valence-corrected chi connectivity index (χ3v) is 3.95. The molecule has 0 aromatic carbocycles. The molecular weight excluding hydrogens is 220 g/mol. The van der Waals surface area contributed by atoms with E-state index in [9.17, 15) is 4.79 Å². The van der Waals surface area contributed by atoms with E-state index < -0.39 is 0 Å². The van der Waals surface area contributed by atoms with Crippen molar-refractivity contribution in [3.8, 4) is 0 Å². The highest BCUT2D eigenvalue weighted by atomic mass is 16.5. The van der Waals surface area contributed by atoms with Crippen molar-refractivity contribution in [1.29, 1.82) is 0 Å². The molecule has 5 nitrogen and oxygen atoms in total. The average molecular weight is 238 g/mol. The molecule has 3 aliphatic rings. The monoisotopic (exact) mass is 238 g/mol. The Labute approximate surface area is 101 Å². The topological polar surface area (TPSA) is 50.8 Å². The van der Waals surface area contributed by atoms with Crippen molar-refractivity contribution in [2.45, 2.75) is 6.42 Å². The molecule has 0 spiro atoms. The van der Waals surface area contributed by atoms with E-state index in [4.69, 9.17) is 9.47 Å². The number of carbonyl (C=O) groups excluding carboxylic acids is 1. The lowest BCUT2D eigenvalue weighted by Gasteiger charge is -2.18. The maximum absolute atomic E-state index is 12.3. The average Bonchev–Trinajstić information content (AvgIpc) is 3.02. The molecule has 0 aromatic heterocycles. The highest BCUT2D eigenvalue weighted by molar-refractivity contribution is 5.92. The summed E-state index contributed by atoms with van der Waals surface area (Å²) in [4.78, 5) is 14.2. The second kappa shape index (κ2) is 4.22. The number of nitrogens with zero attached hydrogens (tertiary/aromatic N) is 1. The number of rotatable bonds is 2. The lowest BCUT2D eigenvalue weighted by atomic mass is 10.0. The van der Waals surface area contributed by atoms with Gasteiger partial charge in [0.05, 0.1) is 13.7 Å². The summed E-state index contributed by atoms with van der Waals surface area (Å²) in [6, 6.07) is 0. The molecule has 2 unspecified atom stereocenters. The number of ether oxygens (including phenoxy) is 2. The van der Waals surface area contributed by atoms with Crippen LogP contribution in [0.2, 0.25) is 0 Å². The van der Waals surface area contributed by atoms with Crippen LogP contribution in [0.3, 0.4) is 0 Å². The van der Waals surface area contributed by atoms with Crippen molar-refractivity contribution >= 4 is 5.91 Å². The van der Waals surface area contributed by atoms with Gasteiger partial charge in [0.25, 0.3) is 5.91 Å². The number of likely N-dealkylation sites (tertiary alicyclic amines) is 1. The summed E-state index contributed by atoms with van der Waals surface area (Å²) < 4.78 is 10.6. The van der Waals surface area contributed by atoms with Crippen molar-refractivity contribution in [2.75, 3.05) is 39.9 Å². The van der Waals surface area contributed by atoms with Gasteiger partial charge in [0.2, 0.25) is 5.76 Å². The smallest absolute Gasteiger partial charge is 0.292 e. The first-order valence-electron chi connectivity index (χ1n) is 6.19. The molecule has 0 bridgehead atoms. The van der Waals surface area contributed by atoms with Crippen LogP contribution in [0.4, 0.5) is 0 Å². The van der Waals surface area contributed by atoms with Gasteiger partial charge in [-0.15, -0.1) is 0 Å². The minimum absolute atomic E-state index is 0.00810. The van der Waals surface area contributed by atoms with Gasteiger partial charge in [-0.2, -0.15) is 0 Å². The van der Waals surface area contributed by atoms with Gasteiger partial charge in [0, 0.05) is 32.6 Å². The van der Waals surface area contributed by atoms with Gasteiger partial charge in [-0.05, 0) is 11.8 Å². The zero-order valence-electron chi connectivity index (χ0n) is 10.1. The number of hydrogen-bond donors (Lipinski definition) is 1. The van der Waals surface area contributed by atoms with E-state index in [-0.39, 0.29) is 5.91 Å². The molecule has 0 aromatic rings. The van der Waals surface area contributed by atoms with Crippen LogP contribution in [0.5, 0.6) is 0 Å². The number of carbonyl (C=O) groups is 1. The highest BCUT2D eigenvalue weighted by Gasteiger charge is 2.40. The standard InChI is InChI=1S/C12H18N2O3/c1-16-10-2-3-17-11(10)12(15)14-6-8-4-13-5-9(8)7-14/h8-9,13H,2-7H2,1H3. The van der Waals surface area contributed by atoms with Gasteiger partial charge in [-0.1, -0.05) is 0 Å². The summed E-state index contributed by atoms with van der Waals surface area (Å²) in [7, 11) is 1.60. The summed E-state index contributed by atoms with van der Waals surface area (Å²) in [5.74, 6) is 2.37. The van der Waals surface area contributed by atoms with Crippen molar-refractivity contribution in [3.05, 3.63) is 11.5 Å². The van der Waals surface area contributed by atoms with Crippen LogP contribution in [-0.4, -0.2) is 50.7 Å². The normalized spacial score (nSPS) is 31.7. The largest absolute Gasteiger partial charge is 0.497 e. The van der Waals surface area contributed by atoms with Gasteiger partial charge in [0.15, 0.2) is 0 Å². The fourth-order valence-electron chi connectivity index (χ4n) is 2.98. The van der Waals surface area contributed by atoms with E-state index in [1.54, 1.807) is 7.11 Å². The van der Waals surface area contributed by atoms with Crippen molar-refractivity contribution in [3.63, 3.8) is 0 Å². The number of fused-ring (bicyclic) bond motifs is 1. The lowest BCUT2D eigenvalue weighted by Crippen LogP contribution is -2.33. The fourth-order valence-corrected chi connectivity index (χ4v) is 2.98. The molecule has 0 radical (unpaired) electrons. The first kappa shape index (κ1) is 10.9. The van der Waals surface area contributed by atoms with Gasteiger partial charge >= 0.3 is 0 Å². The molecule has 3 rings (SSSR count). The quantitative estimate of drug-likeness (QED) is 0.732. The molecule has 3 aliphatic heterocycles. The van der Waals surface area contributed by atoms with Crippen LogP contribution in [-0.2, 0) is 14.3 Å². The molecule has 3 heterocycles. The zero-order valence-corrected chi connectivity index (χ0v) is 10.1. The Balaban J connectivity index is 1.71. The number of nitrogens with one attached hydrogen (secondary N) is 1. The Kier molecular flexibility index (Phi) is 2.70. The van der Waals surface area contributed by atoms with Gasteiger partial charge in [-0.25, -0.2) is 0 Å². The number of methoxy groups -OCH3 is 1. The van der Waals surface area contributed by atoms with Gasteiger partial charge in [-0.3, -0.25) is 4.79 Å². The van der Waals surface area contributed by atoms with E-state index in [1.807, 2.05) is 4.90 Å². The number of amides is 1. The third-order valence-electron chi connectivity index (χ3n) is 3.95. The van der Waals surface area contributed by atoms with Crippen LogP contribution >= 0.6 is 0 Å². The Hall–Kier alpha value is -1.23. The fraction of sp³-hybridized carbons (Fsp3) is 0.750. The van der Waals surface area contributed by atoms with Crippen LogP contribution in [0.1, 0.15) is 6.42 Å². The van der Waals surface area contributed by atoms with Crippen LogP contribution in [0, 0.1) is 11.8 Å². The van der Waals surface area contributed by atoms with Crippen molar-refractivity contribution in [2.24, 2.45) is 11.8 Å². The predicted molar refractivity (Wildman–Crippen MR) is 61.0 cm³/mol. The Bertz CT molecular complexity index is 355. The van der Waals surface area contributed by atoms with E-state index in [0.717, 1.165) is 26.2 Å². The molecule has 1 amide bonds. The molecule has 5 heteroatoms. The zero-order chi connectivity index (χ0) is 11.8. The minimum Gasteiger partial charge on any atom is -0.497 e. The first-order chi connectivity index (χ1) is 8.29. The Morgan fingerprint density at radius 1 is 1.41 bits per heavy atom. The summed E-state index contributed by atoms with van der Waals surface area (Å²) in [5.41, 5.74) is 0. The summed E-state index contributed by atoms with van der Waals surface area (Å²) in [5, 5.41) is 3.37. The summed E-state index contributed by atoms with van der Waals surface area (Å²) in [6.45, 7) is 4.32. The van der Waals surface area contributed by atoms with Crippen molar-refractivity contribution < 1.29 is 14.3 Å². The molecular formula is C12H18N2O3. The van der Waals surface area contributed by atoms with Crippen LogP contribution in [0.15, 0.2) is 11.5 Å². The van der Waals surface area contributed by atoms with E-state index in [1.165, 1.54) is 0 Å². The molecule has 0 aliphatic carbocycles. The molecule has 2 fully saturated rings. The molecule has 0 saturated carbocycles. The summed E-state index contributed by atoms with van der Waals surface area (Å²) in [6.07, 6.45) is 0.708. The minimum atomic E-state index is 0.00810. The van der Waals surface area contributed by atoms with Crippen molar-refractivity contribution in [1.82, 2.24) is 10.2 Å². The predicted octanol–water partition coefficient (Wildman–Crippen LogP) is -0.0575. The van der Waals surface area contributed by atoms with E-state index in [2.05, 4.69) is 5.32 Å². The Morgan fingerprint density at radius 2 is 2.12 bits per heavy atom. The van der Waals surface area contributed by atoms with Gasteiger partial charge in [0.1, 0.15) is 5.76 Å². The first-order valence-corrected chi connectivity index (χ1v) is 6.19. The molecule has 2 saturated heterocycles. The van der Waals surface area contributed by atoms with Crippen LogP contribution in [0.25, 0.3) is 0 Å². The Morgan fingerprint density at radius 3 is 2.76 bits per heavy atom. The molecule has 1 N–H and O–H groups in total. The molecule has 17 heavy (non-hydrogen) atoms.